The molecule has 0 aliphatic carbocycles. The van der Waals surface area contributed by atoms with Crippen LogP contribution in [0.3, 0.4) is 0 Å². The van der Waals surface area contributed by atoms with E-state index in [0.717, 1.165) is 29.9 Å². The molecular formula is C32H22Br3N3O4. The topological polar surface area (TPSA) is 78.9 Å². The molecule has 0 aliphatic heterocycles. The highest BCUT2D eigenvalue weighted by atomic mass is 79.9. The lowest BCUT2D eigenvalue weighted by molar-refractivity contribution is 0.269. The first-order valence-corrected chi connectivity index (χ1v) is 15.4. The lowest BCUT2D eigenvalue weighted by Gasteiger charge is -2.13. The SMILES string of the molecule is CCOc1cc(C=Nn2c(-c3cc4cc(Br)ccc4o3)nc3ccccc3c2=O)ccc1OCc1ccc(Br)cc1Br. The average Bonchev–Trinajstić information content (AvgIpc) is 3.40. The number of para-hydroxylation sites is 1. The summed E-state index contributed by atoms with van der Waals surface area (Å²) in [5, 5.41) is 5.91. The van der Waals surface area contributed by atoms with Gasteiger partial charge in [0.2, 0.25) is 5.82 Å². The van der Waals surface area contributed by atoms with Gasteiger partial charge in [-0.1, -0.05) is 66.0 Å². The van der Waals surface area contributed by atoms with Crippen LogP contribution in [0.5, 0.6) is 11.5 Å². The van der Waals surface area contributed by atoms with Crippen molar-refractivity contribution in [2.45, 2.75) is 13.5 Å². The van der Waals surface area contributed by atoms with E-state index in [0.29, 0.717) is 52.8 Å². The fourth-order valence-electron chi connectivity index (χ4n) is 4.43. The van der Waals surface area contributed by atoms with Crippen molar-refractivity contribution >= 4 is 75.9 Å². The third-order valence-electron chi connectivity index (χ3n) is 6.44. The number of rotatable bonds is 8. The van der Waals surface area contributed by atoms with E-state index >= 15 is 0 Å². The number of hydrogen-bond acceptors (Lipinski definition) is 6. The van der Waals surface area contributed by atoms with Gasteiger partial charge >= 0.3 is 0 Å². The standard InChI is InChI=1S/C32H22Br3N3O4/c1-2-40-29-13-19(7-11-28(29)41-18-20-8-9-23(34)16-25(20)35)17-36-38-31(37-26-6-4-3-5-24(26)32(38)39)30-15-21-14-22(33)10-12-27(21)42-30/h3-17H,2,18H2,1H3. The summed E-state index contributed by atoms with van der Waals surface area (Å²) >= 11 is 10.6. The molecule has 2 heterocycles. The van der Waals surface area contributed by atoms with Gasteiger partial charge in [-0.2, -0.15) is 9.78 Å². The summed E-state index contributed by atoms with van der Waals surface area (Å²) in [5.74, 6) is 1.90. The van der Waals surface area contributed by atoms with Crippen LogP contribution in [0.2, 0.25) is 0 Å². The minimum Gasteiger partial charge on any atom is -0.490 e. The Morgan fingerprint density at radius 1 is 0.905 bits per heavy atom. The summed E-state index contributed by atoms with van der Waals surface area (Å²) in [6.45, 7) is 2.73. The first kappa shape index (κ1) is 28.4. The predicted octanol–water partition coefficient (Wildman–Crippen LogP) is 8.96. The largest absolute Gasteiger partial charge is 0.490 e. The number of nitrogens with zero attached hydrogens (tertiary/aromatic N) is 3. The molecule has 6 rings (SSSR count). The number of halogens is 3. The zero-order valence-corrected chi connectivity index (χ0v) is 26.9. The molecule has 0 fully saturated rings. The van der Waals surface area contributed by atoms with Crippen molar-refractivity contribution in [1.29, 1.82) is 0 Å². The summed E-state index contributed by atoms with van der Waals surface area (Å²) in [4.78, 5) is 18.4. The lowest BCUT2D eigenvalue weighted by Crippen LogP contribution is -2.20. The molecule has 0 unspecified atom stereocenters. The van der Waals surface area contributed by atoms with Gasteiger partial charge in [0.1, 0.15) is 12.2 Å². The summed E-state index contributed by atoms with van der Waals surface area (Å²) in [6.07, 6.45) is 1.60. The molecule has 0 aliphatic rings. The van der Waals surface area contributed by atoms with Gasteiger partial charge in [0.05, 0.1) is 23.7 Å². The smallest absolute Gasteiger partial charge is 0.282 e. The maximum atomic E-state index is 13.6. The molecule has 42 heavy (non-hydrogen) atoms. The highest BCUT2D eigenvalue weighted by Crippen LogP contribution is 2.31. The minimum absolute atomic E-state index is 0.298. The molecule has 0 N–H and O–H groups in total. The van der Waals surface area contributed by atoms with E-state index in [-0.39, 0.29) is 5.56 Å². The third kappa shape index (κ3) is 5.92. The molecule has 4 aromatic carbocycles. The number of ether oxygens (including phenoxy) is 2. The Labute approximate surface area is 266 Å². The van der Waals surface area contributed by atoms with E-state index in [4.69, 9.17) is 18.9 Å². The zero-order valence-electron chi connectivity index (χ0n) is 22.2. The highest BCUT2D eigenvalue weighted by molar-refractivity contribution is 9.11. The van der Waals surface area contributed by atoms with Gasteiger partial charge in [0, 0.05) is 24.4 Å². The van der Waals surface area contributed by atoms with E-state index in [1.807, 2.05) is 73.7 Å². The van der Waals surface area contributed by atoms with Crippen molar-refractivity contribution in [3.8, 4) is 23.1 Å². The molecule has 6 aromatic rings. The molecule has 0 saturated heterocycles. The molecule has 210 valence electrons. The van der Waals surface area contributed by atoms with Crippen LogP contribution in [0, 0.1) is 0 Å². The number of fused-ring (bicyclic) bond motifs is 2. The Morgan fingerprint density at radius 3 is 2.55 bits per heavy atom. The molecule has 0 amide bonds. The Morgan fingerprint density at radius 2 is 1.71 bits per heavy atom. The van der Waals surface area contributed by atoms with Crippen molar-refractivity contribution in [3.05, 3.63) is 120 Å². The zero-order chi connectivity index (χ0) is 29.2. The van der Waals surface area contributed by atoms with E-state index < -0.39 is 0 Å². The number of benzene rings is 4. The molecule has 0 radical (unpaired) electrons. The molecular weight excluding hydrogens is 730 g/mol. The summed E-state index contributed by atoms with van der Waals surface area (Å²) in [7, 11) is 0. The van der Waals surface area contributed by atoms with Crippen molar-refractivity contribution < 1.29 is 13.9 Å². The summed E-state index contributed by atoms with van der Waals surface area (Å²) in [6, 6.07) is 26.2. The first-order chi connectivity index (χ1) is 20.4. The van der Waals surface area contributed by atoms with Gasteiger partial charge in [0.15, 0.2) is 17.3 Å². The lowest BCUT2D eigenvalue weighted by atomic mass is 10.2. The van der Waals surface area contributed by atoms with E-state index in [9.17, 15) is 4.79 Å². The molecule has 7 nitrogen and oxygen atoms in total. The monoisotopic (exact) mass is 749 g/mol. The Kier molecular flexibility index (Phi) is 8.28. The van der Waals surface area contributed by atoms with Crippen molar-refractivity contribution in [3.63, 3.8) is 0 Å². The molecule has 0 bridgehead atoms. The number of aromatic nitrogens is 2. The van der Waals surface area contributed by atoms with Gasteiger partial charge in [-0.15, -0.1) is 0 Å². The van der Waals surface area contributed by atoms with Gasteiger partial charge in [-0.05, 0) is 79.2 Å². The molecule has 2 aromatic heterocycles. The molecule has 10 heteroatoms. The summed E-state index contributed by atoms with van der Waals surface area (Å²) < 4.78 is 22.2. The van der Waals surface area contributed by atoms with E-state index in [2.05, 4.69) is 52.9 Å². The average molecular weight is 752 g/mol. The fourth-order valence-corrected chi connectivity index (χ4v) is 5.97. The van der Waals surface area contributed by atoms with Gasteiger partial charge < -0.3 is 13.9 Å². The quantitative estimate of drug-likeness (QED) is 0.145. The van der Waals surface area contributed by atoms with E-state index in [1.165, 1.54) is 4.68 Å². The fraction of sp³-hybridized carbons (Fsp3) is 0.0938. The first-order valence-electron chi connectivity index (χ1n) is 13.0. The minimum atomic E-state index is -0.307. The van der Waals surface area contributed by atoms with Crippen LogP contribution in [0.15, 0.2) is 113 Å². The van der Waals surface area contributed by atoms with Crippen LogP contribution < -0.4 is 15.0 Å². The number of furan rings is 1. The van der Waals surface area contributed by atoms with Gasteiger partial charge in [-0.3, -0.25) is 4.79 Å². The van der Waals surface area contributed by atoms with Crippen molar-refractivity contribution in [2.75, 3.05) is 6.61 Å². The van der Waals surface area contributed by atoms with Crippen LogP contribution in [0.25, 0.3) is 33.5 Å². The van der Waals surface area contributed by atoms with Crippen LogP contribution >= 0.6 is 47.8 Å². The van der Waals surface area contributed by atoms with Crippen LogP contribution in [0.4, 0.5) is 0 Å². The van der Waals surface area contributed by atoms with Gasteiger partial charge in [0.25, 0.3) is 5.56 Å². The number of hydrogen-bond donors (Lipinski definition) is 0. The van der Waals surface area contributed by atoms with E-state index in [1.54, 1.807) is 24.4 Å². The second-order valence-corrected chi connectivity index (χ2v) is 12.0. The second-order valence-electron chi connectivity index (χ2n) is 9.27. The molecule has 0 atom stereocenters. The third-order valence-corrected chi connectivity index (χ3v) is 8.17. The second kappa shape index (κ2) is 12.2. The highest BCUT2D eigenvalue weighted by Gasteiger charge is 2.17. The Bertz CT molecular complexity index is 2030. The maximum Gasteiger partial charge on any atom is 0.282 e. The summed E-state index contributed by atoms with van der Waals surface area (Å²) in [5.41, 5.74) is 2.65. The molecule has 0 spiro atoms. The Balaban J connectivity index is 1.37. The maximum absolute atomic E-state index is 13.6. The Hall–Kier alpha value is -3.73. The predicted molar refractivity (Wildman–Crippen MR) is 176 cm³/mol. The van der Waals surface area contributed by atoms with Gasteiger partial charge in [-0.25, -0.2) is 4.98 Å². The van der Waals surface area contributed by atoms with Crippen LogP contribution in [-0.4, -0.2) is 22.5 Å². The van der Waals surface area contributed by atoms with Crippen molar-refractivity contribution in [1.82, 2.24) is 9.66 Å². The molecule has 0 saturated carbocycles. The van der Waals surface area contributed by atoms with Crippen molar-refractivity contribution in [2.24, 2.45) is 5.10 Å². The van der Waals surface area contributed by atoms with Crippen LogP contribution in [0.1, 0.15) is 18.1 Å². The normalized spacial score (nSPS) is 11.5. The van der Waals surface area contributed by atoms with Crippen LogP contribution in [-0.2, 0) is 6.61 Å².